The lowest BCUT2D eigenvalue weighted by molar-refractivity contribution is 0.274. The maximum atomic E-state index is 9.51. The van der Waals surface area contributed by atoms with Gasteiger partial charge in [-0.1, -0.05) is 25.1 Å². The number of aromatic nitrogens is 2. The van der Waals surface area contributed by atoms with Gasteiger partial charge in [0.1, 0.15) is 6.61 Å². The Labute approximate surface area is 136 Å². The normalized spacial score (nSPS) is 11.1. The fourth-order valence-electron chi connectivity index (χ4n) is 2.96. The summed E-state index contributed by atoms with van der Waals surface area (Å²) in [6.07, 6.45) is 2.89. The molecule has 0 aliphatic rings. The summed E-state index contributed by atoms with van der Waals surface area (Å²) >= 11 is 0. The number of benzene rings is 1. The maximum absolute atomic E-state index is 9.51. The van der Waals surface area contributed by atoms with E-state index in [4.69, 9.17) is 4.74 Å². The smallest absolute Gasteiger partial charge is 0.180 e. The molecule has 23 heavy (non-hydrogen) atoms. The number of fused-ring (bicyclic) bond motifs is 1. The lowest BCUT2D eigenvalue weighted by atomic mass is 10.0. The molecule has 4 nitrogen and oxygen atoms in total. The van der Waals surface area contributed by atoms with E-state index < -0.39 is 0 Å². The highest BCUT2D eigenvalue weighted by atomic mass is 16.5. The van der Waals surface area contributed by atoms with Gasteiger partial charge in [-0.2, -0.15) is 0 Å². The molecule has 0 aliphatic carbocycles. The van der Waals surface area contributed by atoms with Crippen LogP contribution in [0.15, 0.2) is 36.5 Å². The minimum Gasteiger partial charge on any atom is -0.485 e. The second-order valence-electron chi connectivity index (χ2n) is 5.72. The summed E-state index contributed by atoms with van der Waals surface area (Å²) in [5.41, 5.74) is 6.17. The number of aliphatic hydroxyl groups is 1. The summed E-state index contributed by atoms with van der Waals surface area (Å²) in [6, 6.07) is 10.2. The Morgan fingerprint density at radius 1 is 1.17 bits per heavy atom. The standard InChI is InChI=1S/C19H22N2O2/c1-4-15-8-5-7-13(2)16(15)12-23-18-9-6-10-21-17(11-22)14(3)20-19(18)21/h5-10,22H,4,11-12H2,1-3H3. The third kappa shape index (κ3) is 2.82. The number of nitrogens with zero attached hydrogens (tertiary/aromatic N) is 2. The van der Waals surface area contributed by atoms with Crippen molar-refractivity contribution >= 4 is 5.65 Å². The fraction of sp³-hybridized carbons (Fsp3) is 0.316. The van der Waals surface area contributed by atoms with Gasteiger partial charge in [-0.15, -0.1) is 0 Å². The zero-order valence-electron chi connectivity index (χ0n) is 13.8. The van der Waals surface area contributed by atoms with Gasteiger partial charge in [0.15, 0.2) is 11.4 Å². The van der Waals surface area contributed by atoms with E-state index in [1.165, 1.54) is 16.7 Å². The van der Waals surface area contributed by atoms with Crippen LogP contribution in [0.25, 0.3) is 5.65 Å². The molecule has 0 aliphatic heterocycles. The molecular weight excluding hydrogens is 288 g/mol. The van der Waals surface area contributed by atoms with Crippen molar-refractivity contribution in [3.8, 4) is 5.75 Å². The van der Waals surface area contributed by atoms with E-state index in [9.17, 15) is 5.11 Å². The summed E-state index contributed by atoms with van der Waals surface area (Å²) in [6.45, 7) is 6.66. The van der Waals surface area contributed by atoms with Crippen molar-refractivity contribution in [3.63, 3.8) is 0 Å². The number of rotatable bonds is 5. The first-order valence-corrected chi connectivity index (χ1v) is 7.93. The van der Waals surface area contributed by atoms with Crippen LogP contribution in [0.3, 0.4) is 0 Å². The van der Waals surface area contributed by atoms with Crippen molar-refractivity contribution in [1.82, 2.24) is 9.38 Å². The van der Waals surface area contributed by atoms with E-state index in [-0.39, 0.29) is 6.61 Å². The van der Waals surface area contributed by atoms with Gasteiger partial charge in [0, 0.05) is 6.20 Å². The molecule has 3 rings (SSSR count). The Morgan fingerprint density at radius 3 is 2.74 bits per heavy atom. The van der Waals surface area contributed by atoms with Gasteiger partial charge in [-0.3, -0.25) is 4.40 Å². The van der Waals surface area contributed by atoms with Crippen molar-refractivity contribution in [2.75, 3.05) is 0 Å². The predicted molar refractivity (Wildman–Crippen MR) is 90.7 cm³/mol. The second-order valence-corrected chi connectivity index (χ2v) is 5.72. The van der Waals surface area contributed by atoms with E-state index in [0.717, 1.165) is 29.2 Å². The largest absolute Gasteiger partial charge is 0.485 e. The molecule has 4 heteroatoms. The summed E-state index contributed by atoms with van der Waals surface area (Å²) < 4.78 is 7.97. The first-order valence-electron chi connectivity index (χ1n) is 7.93. The Bertz CT molecular complexity index is 837. The molecule has 0 bridgehead atoms. The number of pyridine rings is 1. The number of imidazole rings is 1. The SMILES string of the molecule is CCc1cccc(C)c1COc1cccn2c(CO)c(C)nc12. The lowest BCUT2D eigenvalue weighted by Crippen LogP contribution is -2.03. The monoisotopic (exact) mass is 310 g/mol. The molecule has 1 aromatic carbocycles. The van der Waals surface area contributed by atoms with E-state index in [1.54, 1.807) is 0 Å². The summed E-state index contributed by atoms with van der Waals surface area (Å²) in [5, 5.41) is 9.51. The molecule has 0 saturated heterocycles. The highest BCUT2D eigenvalue weighted by Crippen LogP contribution is 2.24. The molecule has 0 saturated carbocycles. The zero-order valence-corrected chi connectivity index (χ0v) is 13.8. The first-order chi connectivity index (χ1) is 11.2. The summed E-state index contributed by atoms with van der Waals surface area (Å²) in [5.74, 6) is 0.737. The van der Waals surface area contributed by atoms with Gasteiger partial charge in [-0.25, -0.2) is 4.98 Å². The number of aryl methyl sites for hydroxylation is 3. The van der Waals surface area contributed by atoms with Crippen molar-refractivity contribution < 1.29 is 9.84 Å². The molecule has 0 spiro atoms. The van der Waals surface area contributed by atoms with Gasteiger partial charge < -0.3 is 9.84 Å². The predicted octanol–water partition coefficient (Wildman–Crippen LogP) is 3.58. The molecule has 0 atom stereocenters. The molecule has 0 fully saturated rings. The molecule has 1 N–H and O–H groups in total. The lowest BCUT2D eigenvalue weighted by Gasteiger charge is -2.13. The number of hydrogen-bond donors (Lipinski definition) is 1. The molecule has 0 unspecified atom stereocenters. The molecule has 0 amide bonds. The molecule has 3 aromatic rings. The topological polar surface area (TPSA) is 46.8 Å². The van der Waals surface area contributed by atoms with Crippen LogP contribution in [0.4, 0.5) is 0 Å². The van der Waals surface area contributed by atoms with Crippen LogP contribution in [0.1, 0.15) is 35.0 Å². The molecule has 2 aromatic heterocycles. The van der Waals surface area contributed by atoms with Crippen molar-refractivity contribution in [3.05, 3.63) is 64.6 Å². The van der Waals surface area contributed by atoms with Gasteiger partial charge in [-0.05, 0) is 49.1 Å². The van der Waals surface area contributed by atoms with Crippen LogP contribution in [0, 0.1) is 13.8 Å². The van der Waals surface area contributed by atoms with E-state index in [0.29, 0.717) is 6.61 Å². The molecule has 120 valence electrons. The third-order valence-electron chi connectivity index (χ3n) is 4.32. The van der Waals surface area contributed by atoms with Crippen molar-refractivity contribution in [2.45, 2.75) is 40.4 Å². The van der Waals surface area contributed by atoms with Crippen LogP contribution >= 0.6 is 0 Å². The average Bonchev–Trinajstić information content (AvgIpc) is 2.89. The Hall–Kier alpha value is -2.33. The number of aliphatic hydroxyl groups excluding tert-OH is 1. The van der Waals surface area contributed by atoms with Crippen LogP contribution in [0.2, 0.25) is 0 Å². The molecule has 2 heterocycles. The van der Waals surface area contributed by atoms with Crippen LogP contribution in [0.5, 0.6) is 5.75 Å². The quantitative estimate of drug-likeness (QED) is 0.783. The third-order valence-corrected chi connectivity index (χ3v) is 4.32. The Morgan fingerprint density at radius 2 is 2.00 bits per heavy atom. The minimum absolute atomic E-state index is 0.0335. The van der Waals surface area contributed by atoms with E-state index in [1.807, 2.05) is 29.7 Å². The molecule has 0 radical (unpaired) electrons. The molecular formula is C19H22N2O2. The maximum Gasteiger partial charge on any atom is 0.180 e. The Balaban J connectivity index is 1.94. The van der Waals surface area contributed by atoms with Gasteiger partial charge >= 0.3 is 0 Å². The summed E-state index contributed by atoms with van der Waals surface area (Å²) in [4.78, 5) is 4.54. The van der Waals surface area contributed by atoms with Crippen LogP contribution < -0.4 is 4.74 Å². The van der Waals surface area contributed by atoms with Gasteiger partial charge in [0.2, 0.25) is 0 Å². The van der Waals surface area contributed by atoms with Crippen molar-refractivity contribution in [1.29, 1.82) is 0 Å². The second kappa shape index (κ2) is 6.42. The number of hydrogen-bond acceptors (Lipinski definition) is 3. The van der Waals surface area contributed by atoms with Crippen molar-refractivity contribution in [2.24, 2.45) is 0 Å². The highest BCUT2D eigenvalue weighted by Gasteiger charge is 2.12. The minimum atomic E-state index is -0.0335. The van der Waals surface area contributed by atoms with E-state index in [2.05, 4.69) is 37.0 Å². The first kappa shape index (κ1) is 15.6. The van der Waals surface area contributed by atoms with Gasteiger partial charge in [0.05, 0.1) is 18.0 Å². The van der Waals surface area contributed by atoms with Crippen LogP contribution in [-0.2, 0) is 19.6 Å². The highest BCUT2D eigenvalue weighted by molar-refractivity contribution is 5.56. The van der Waals surface area contributed by atoms with E-state index >= 15 is 0 Å². The number of ether oxygens (including phenoxy) is 1. The van der Waals surface area contributed by atoms with Crippen LogP contribution in [-0.4, -0.2) is 14.5 Å². The fourth-order valence-corrected chi connectivity index (χ4v) is 2.96. The summed E-state index contributed by atoms with van der Waals surface area (Å²) in [7, 11) is 0. The Kier molecular flexibility index (Phi) is 4.35. The van der Waals surface area contributed by atoms with Gasteiger partial charge in [0.25, 0.3) is 0 Å². The zero-order chi connectivity index (χ0) is 16.4. The average molecular weight is 310 g/mol.